The summed E-state index contributed by atoms with van der Waals surface area (Å²) in [5.41, 5.74) is 2.43. The van der Waals surface area contributed by atoms with Crippen molar-refractivity contribution in [3.8, 4) is 0 Å². The van der Waals surface area contributed by atoms with E-state index in [4.69, 9.17) is 4.98 Å². The number of nitrogens with zero attached hydrogens (tertiary/aromatic N) is 5. The number of carbonyl (C=O) groups excluding carboxylic acids is 1. The Morgan fingerprint density at radius 2 is 1.72 bits per heavy atom. The van der Waals surface area contributed by atoms with E-state index in [0.717, 1.165) is 23.4 Å². The molecule has 1 amide bonds. The first kappa shape index (κ1) is 22.4. The minimum Gasteiger partial charge on any atom is -0.345 e. The van der Waals surface area contributed by atoms with E-state index < -0.39 is 10.0 Å². The summed E-state index contributed by atoms with van der Waals surface area (Å²) in [5.74, 6) is 0.881. The van der Waals surface area contributed by atoms with Crippen molar-refractivity contribution in [1.29, 1.82) is 0 Å². The highest BCUT2D eigenvalue weighted by molar-refractivity contribution is 7.89. The Labute approximate surface area is 189 Å². The normalized spacial score (nSPS) is 15.8. The maximum Gasteiger partial charge on any atom is 0.253 e. The van der Waals surface area contributed by atoms with Gasteiger partial charge in [0.25, 0.3) is 5.91 Å². The molecule has 0 spiro atoms. The minimum absolute atomic E-state index is 0.0461. The summed E-state index contributed by atoms with van der Waals surface area (Å²) in [4.78, 5) is 21.3. The zero-order valence-electron chi connectivity index (χ0n) is 18.7. The van der Waals surface area contributed by atoms with E-state index in [-0.39, 0.29) is 5.91 Å². The van der Waals surface area contributed by atoms with Crippen molar-refractivity contribution >= 4 is 27.0 Å². The van der Waals surface area contributed by atoms with Gasteiger partial charge < -0.3 is 9.47 Å². The van der Waals surface area contributed by atoms with Crippen molar-refractivity contribution < 1.29 is 13.2 Å². The van der Waals surface area contributed by atoms with Crippen LogP contribution in [0.25, 0.3) is 11.0 Å². The molecule has 0 unspecified atom stereocenters. The van der Waals surface area contributed by atoms with Gasteiger partial charge >= 0.3 is 0 Å². The van der Waals surface area contributed by atoms with Gasteiger partial charge in [0.15, 0.2) is 0 Å². The molecule has 2 heterocycles. The molecule has 2 aromatic carbocycles. The molecule has 0 radical (unpaired) electrons. The lowest BCUT2D eigenvalue weighted by Crippen LogP contribution is -2.48. The Kier molecular flexibility index (Phi) is 6.32. The number of amides is 1. The van der Waals surface area contributed by atoms with Crippen LogP contribution in [0.4, 0.5) is 0 Å². The highest BCUT2D eigenvalue weighted by atomic mass is 32.2. The third-order valence-corrected chi connectivity index (χ3v) is 7.79. The quantitative estimate of drug-likeness (QED) is 0.570. The Bertz CT molecular complexity index is 1210. The summed E-state index contributed by atoms with van der Waals surface area (Å²) >= 11 is 0. The predicted octanol–water partition coefficient (Wildman–Crippen LogP) is 2.26. The number of rotatable bonds is 6. The molecule has 32 heavy (non-hydrogen) atoms. The van der Waals surface area contributed by atoms with Crippen LogP contribution < -0.4 is 0 Å². The molecule has 1 aliphatic heterocycles. The van der Waals surface area contributed by atoms with Crippen LogP contribution in [0.2, 0.25) is 0 Å². The monoisotopic (exact) mass is 455 g/mol. The highest BCUT2D eigenvalue weighted by Crippen LogP contribution is 2.22. The first-order chi connectivity index (χ1) is 15.3. The van der Waals surface area contributed by atoms with Crippen LogP contribution >= 0.6 is 0 Å². The van der Waals surface area contributed by atoms with E-state index >= 15 is 0 Å². The topological polar surface area (TPSA) is 78.7 Å². The number of piperazine rings is 1. The second-order valence-electron chi connectivity index (χ2n) is 8.17. The number of hydrogen-bond acceptors (Lipinski definition) is 5. The third-order valence-electron chi connectivity index (χ3n) is 5.87. The predicted molar refractivity (Wildman–Crippen MR) is 124 cm³/mol. The molecule has 8 nitrogen and oxygen atoms in total. The lowest BCUT2D eigenvalue weighted by molar-refractivity contribution is 0.0827. The fraction of sp³-hybridized carbons (Fsp3) is 0.391. The number of fused-ring (bicyclic) bond motifs is 1. The van der Waals surface area contributed by atoms with Crippen molar-refractivity contribution in [2.75, 3.05) is 40.3 Å². The van der Waals surface area contributed by atoms with Crippen LogP contribution in [0, 0.1) is 0 Å². The molecule has 170 valence electrons. The third kappa shape index (κ3) is 4.28. The van der Waals surface area contributed by atoms with Gasteiger partial charge in [0.1, 0.15) is 5.82 Å². The van der Waals surface area contributed by atoms with Gasteiger partial charge in [0.2, 0.25) is 10.0 Å². The first-order valence-electron chi connectivity index (χ1n) is 10.8. The number of sulfonamides is 1. The van der Waals surface area contributed by atoms with E-state index in [2.05, 4.69) is 16.4 Å². The maximum absolute atomic E-state index is 12.9. The summed E-state index contributed by atoms with van der Waals surface area (Å²) in [6.07, 6.45) is 0. The van der Waals surface area contributed by atoms with Crippen LogP contribution in [0.5, 0.6) is 0 Å². The molecule has 0 bridgehead atoms. The minimum atomic E-state index is -3.46. The Morgan fingerprint density at radius 3 is 2.34 bits per heavy atom. The number of imidazole rings is 1. The van der Waals surface area contributed by atoms with Gasteiger partial charge in [0.05, 0.1) is 22.5 Å². The summed E-state index contributed by atoms with van der Waals surface area (Å²) < 4.78 is 29.4. The largest absolute Gasteiger partial charge is 0.345 e. The van der Waals surface area contributed by atoms with Crippen molar-refractivity contribution in [2.24, 2.45) is 0 Å². The van der Waals surface area contributed by atoms with Gasteiger partial charge in [-0.25, -0.2) is 13.4 Å². The van der Waals surface area contributed by atoms with Gasteiger partial charge in [-0.2, -0.15) is 4.31 Å². The highest BCUT2D eigenvalue weighted by Gasteiger charge is 2.29. The van der Waals surface area contributed by atoms with Gasteiger partial charge in [-0.1, -0.05) is 18.2 Å². The van der Waals surface area contributed by atoms with Crippen LogP contribution in [0.1, 0.15) is 23.1 Å². The first-order valence-corrected chi connectivity index (χ1v) is 12.2. The molecule has 0 N–H and O–H groups in total. The van der Waals surface area contributed by atoms with E-state index in [1.165, 1.54) is 0 Å². The second kappa shape index (κ2) is 9.01. The summed E-state index contributed by atoms with van der Waals surface area (Å²) in [5, 5.41) is 0. The van der Waals surface area contributed by atoms with Gasteiger partial charge in [-0.15, -0.1) is 0 Å². The molecule has 0 atom stereocenters. The van der Waals surface area contributed by atoms with Crippen molar-refractivity contribution in [1.82, 2.24) is 23.7 Å². The lowest BCUT2D eigenvalue weighted by Gasteiger charge is -2.33. The van der Waals surface area contributed by atoms with Crippen LogP contribution in [0.3, 0.4) is 0 Å². The number of hydrogen-bond donors (Lipinski definition) is 0. The standard InChI is InChI=1S/C23H29N5O3S/c1-4-28-21-11-10-18(23(29)25(2)3)16-20(21)24-22(28)17-26-12-14-27(15-13-26)32(30,31)19-8-6-5-7-9-19/h5-11,16H,4,12-15,17H2,1-3H3. The zero-order valence-corrected chi connectivity index (χ0v) is 19.5. The maximum atomic E-state index is 12.9. The fourth-order valence-electron chi connectivity index (χ4n) is 4.11. The Morgan fingerprint density at radius 1 is 1.03 bits per heavy atom. The smallest absolute Gasteiger partial charge is 0.253 e. The average molecular weight is 456 g/mol. The molecule has 0 saturated carbocycles. The molecule has 1 aliphatic rings. The van der Waals surface area contributed by atoms with E-state index in [1.807, 2.05) is 24.3 Å². The van der Waals surface area contributed by atoms with Crippen LogP contribution in [-0.4, -0.2) is 78.3 Å². The molecule has 9 heteroatoms. The SMILES string of the molecule is CCn1c(CN2CCN(S(=O)(=O)c3ccccc3)CC2)nc2cc(C(=O)N(C)C)ccc21. The molecule has 0 aliphatic carbocycles. The van der Waals surface area contributed by atoms with Crippen molar-refractivity contribution in [3.63, 3.8) is 0 Å². The van der Waals surface area contributed by atoms with Crippen molar-refractivity contribution in [2.45, 2.75) is 24.9 Å². The van der Waals surface area contributed by atoms with E-state index in [1.54, 1.807) is 47.6 Å². The molecule has 1 fully saturated rings. The Hall–Kier alpha value is -2.75. The summed E-state index contributed by atoms with van der Waals surface area (Å²) in [6, 6.07) is 14.2. The number of aromatic nitrogens is 2. The van der Waals surface area contributed by atoms with Crippen LogP contribution in [0.15, 0.2) is 53.4 Å². The molecule has 3 aromatic rings. The molecule has 1 aromatic heterocycles. The summed E-state index contributed by atoms with van der Waals surface area (Å²) in [6.45, 7) is 5.67. The van der Waals surface area contributed by atoms with Crippen LogP contribution in [-0.2, 0) is 23.1 Å². The molecular weight excluding hydrogens is 426 g/mol. The molecular formula is C23H29N5O3S. The van der Waals surface area contributed by atoms with Gasteiger partial charge in [-0.05, 0) is 37.3 Å². The van der Waals surface area contributed by atoms with E-state index in [0.29, 0.717) is 43.2 Å². The number of carbonyl (C=O) groups is 1. The van der Waals surface area contributed by atoms with Gasteiger partial charge in [0, 0.05) is 52.4 Å². The second-order valence-corrected chi connectivity index (χ2v) is 10.1. The van der Waals surface area contributed by atoms with E-state index in [9.17, 15) is 13.2 Å². The van der Waals surface area contributed by atoms with Crippen molar-refractivity contribution in [3.05, 3.63) is 59.9 Å². The molecule has 4 rings (SSSR count). The zero-order chi connectivity index (χ0) is 22.9. The Balaban J connectivity index is 1.49. The fourth-order valence-corrected chi connectivity index (χ4v) is 5.56. The average Bonchev–Trinajstić information content (AvgIpc) is 3.15. The number of benzene rings is 2. The molecule has 1 saturated heterocycles. The summed E-state index contributed by atoms with van der Waals surface area (Å²) in [7, 11) is 0.0110. The number of aryl methyl sites for hydroxylation is 1. The van der Waals surface area contributed by atoms with Gasteiger partial charge in [-0.3, -0.25) is 9.69 Å². The lowest BCUT2D eigenvalue weighted by atomic mass is 10.2.